The SMILES string of the molecule is [CH2-]N1CCCC1.[CH3-].[Cs+]. The molecule has 1 nitrogen and oxygen atoms in total. The standard InChI is InChI=1S/C5H10N.CH3.Cs/c1-6-4-2-3-5-6;;/h1-5H2;1H3;/q2*-1;+1. The number of hydrogen-bond donors (Lipinski definition) is 0. The Balaban J connectivity index is 0. The smallest absolute Gasteiger partial charge is 0.459 e. The molecule has 0 amide bonds. The quantitative estimate of drug-likeness (QED) is 0.451. The van der Waals surface area contributed by atoms with Crippen LogP contribution >= 0.6 is 0 Å². The van der Waals surface area contributed by atoms with Crippen LogP contribution in [0.1, 0.15) is 12.8 Å². The normalized spacial score (nSPS) is 19.1. The van der Waals surface area contributed by atoms with Gasteiger partial charge in [0.05, 0.1) is 0 Å². The Morgan fingerprint density at radius 3 is 1.62 bits per heavy atom. The van der Waals surface area contributed by atoms with Gasteiger partial charge in [-0.25, -0.2) is 0 Å². The number of rotatable bonds is 0. The molecule has 0 aliphatic carbocycles. The summed E-state index contributed by atoms with van der Waals surface area (Å²) in [5, 5.41) is 0. The van der Waals surface area contributed by atoms with Crippen molar-refractivity contribution in [1.82, 2.24) is 4.90 Å². The molecule has 0 N–H and O–H groups in total. The molecule has 0 aromatic rings. The van der Waals surface area contributed by atoms with E-state index in [9.17, 15) is 0 Å². The van der Waals surface area contributed by atoms with Crippen LogP contribution in [0.5, 0.6) is 0 Å². The molecular weight excluding hydrogens is 219 g/mol. The van der Waals surface area contributed by atoms with Gasteiger partial charge in [0.1, 0.15) is 0 Å². The van der Waals surface area contributed by atoms with E-state index in [0.717, 1.165) is 0 Å². The number of hydrogen-bond acceptors (Lipinski definition) is 1. The molecule has 0 unspecified atom stereocenters. The van der Waals surface area contributed by atoms with Gasteiger partial charge in [-0.3, -0.25) is 7.05 Å². The Labute approximate surface area is 112 Å². The van der Waals surface area contributed by atoms with Crippen LogP contribution in [0.2, 0.25) is 0 Å². The second-order valence-electron chi connectivity index (χ2n) is 1.83. The molecule has 1 aliphatic heterocycles. The summed E-state index contributed by atoms with van der Waals surface area (Å²) in [6, 6.07) is 0. The van der Waals surface area contributed by atoms with Crippen LogP contribution in [-0.4, -0.2) is 18.0 Å². The first kappa shape index (κ1) is 12.7. The van der Waals surface area contributed by atoms with Gasteiger partial charge in [-0.1, -0.05) is 0 Å². The first-order chi connectivity index (χ1) is 2.89. The van der Waals surface area contributed by atoms with Crippen molar-refractivity contribution in [2.45, 2.75) is 12.8 Å². The summed E-state index contributed by atoms with van der Waals surface area (Å²) in [5.74, 6) is 0. The second-order valence-corrected chi connectivity index (χ2v) is 1.83. The van der Waals surface area contributed by atoms with Gasteiger partial charge in [-0.2, -0.15) is 0 Å². The van der Waals surface area contributed by atoms with E-state index in [0.29, 0.717) is 0 Å². The summed E-state index contributed by atoms with van der Waals surface area (Å²) >= 11 is 0. The van der Waals surface area contributed by atoms with E-state index < -0.39 is 0 Å². The molecular formula is C6H13CsN-. The van der Waals surface area contributed by atoms with Crippen molar-refractivity contribution in [3.8, 4) is 0 Å². The third-order valence-corrected chi connectivity index (χ3v) is 1.20. The van der Waals surface area contributed by atoms with Crippen LogP contribution in [0.4, 0.5) is 0 Å². The maximum absolute atomic E-state index is 3.77. The largest absolute Gasteiger partial charge is 1.00 e. The van der Waals surface area contributed by atoms with Crippen molar-refractivity contribution in [1.29, 1.82) is 0 Å². The van der Waals surface area contributed by atoms with E-state index in [1.807, 2.05) is 0 Å². The van der Waals surface area contributed by atoms with Crippen molar-refractivity contribution >= 4 is 0 Å². The van der Waals surface area contributed by atoms with Crippen LogP contribution in [0.15, 0.2) is 0 Å². The molecule has 1 aliphatic rings. The van der Waals surface area contributed by atoms with Crippen molar-refractivity contribution < 1.29 is 68.9 Å². The van der Waals surface area contributed by atoms with E-state index in [-0.39, 0.29) is 76.3 Å². The summed E-state index contributed by atoms with van der Waals surface area (Å²) in [6.45, 7) is 2.42. The van der Waals surface area contributed by atoms with Gasteiger partial charge in [-0.15, -0.1) is 0 Å². The fourth-order valence-corrected chi connectivity index (χ4v) is 0.783. The zero-order valence-corrected chi connectivity index (χ0v) is 12.3. The predicted molar refractivity (Wildman–Crippen MR) is 32.6 cm³/mol. The first-order valence-electron chi connectivity index (χ1n) is 2.45. The minimum absolute atomic E-state index is 0. The molecule has 1 rings (SSSR count). The first-order valence-corrected chi connectivity index (χ1v) is 2.45. The minimum Gasteiger partial charge on any atom is -0.459 e. The summed E-state index contributed by atoms with van der Waals surface area (Å²) in [4.78, 5) is 2.11. The van der Waals surface area contributed by atoms with Crippen LogP contribution in [-0.2, 0) is 0 Å². The molecule has 8 heavy (non-hydrogen) atoms. The van der Waals surface area contributed by atoms with Crippen molar-refractivity contribution in [2.24, 2.45) is 0 Å². The summed E-state index contributed by atoms with van der Waals surface area (Å²) in [5.41, 5.74) is 0. The third-order valence-electron chi connectivity index (χ3n) is 1.20. The van der Waals surface area contributed by atoms with Crippen molar-refractivity contribution in [3.05, 3.63) is 14.5 Å². The molecule has 44 valence electrons. The van der Waals surface area contributed by atoms with Gasteiger partial charge in [0.25, 0.3) is 0 Å². The molecule has 0 spiro atoms. The fourth-order valence-electron chi connectivity index (χ4n) is 0.783. The van der Waals surface area contributed by atoms with Crippen LogP contribution < -0.4 is 68.9 Å². The Hall–Kier alpha value is 2.01. The maximum atomic E-state index is 3.77. The van der Waals surface area contributed by atoms with Gasteiger partial charge >= 0.3 is 68.9 Å². The molecule has 0 aromatic carbocycles. The third kappa shape index (κ3) is 4.85. The molecule has 1 fully saturated rings. The van der Waals surface area contributed by atoms with Crippen LogP contribution in [0.25, 0.3) is 0 Å². The van der Waals surface area contributed by atoms with E-state index >= 15 is 0 Å². The van der Waals surface area contributed by atoms with E-state index in [1.54, 1.807) is 0 Å². The zero-order chi connectivity index (χ0) is 4.41. The average Bonchev–Trinajstić information content (AvgIpc) is 1.86. The molecule has 0 bridgehead atoms. The molecule has 1 saturated heterocycles. The molecule has 0 radical (unpaired) electrons. The van der Waals surface area contributed by atoms with Gasteiger partial charge in [0, 0.05) is 0 Å². The van der Waals surface area contributed by atoms with E-state index in [2.05, 4.69) is 11.9 Å². The average molecular weight is 232 g/mol. The monoisotopic (exact) mass is 232 g/mol. The summed E-state index contributed by atoms with van der Waals surface area (Å²) in [7, 11) is 3.77. The van der Waals surface area contributed by atoms with Crippen LogP contribution in [0.3, 0.4) is 0 Å². The van der Waals surface area contributed by atoms with Crippen molar-refractivity contribution in [2.75, 3.05) is 13.1 Å². The second kappa shape index (κ2) is 7.12. The Morgan fingerprint density at radius 1 is 1.12 bits per heavy atom. The Kier molecular flexibility index (Phi) is 11.3. The van der Waals surface area contributed by atoms with E-state index in [1.165, 1.54) is 25.9 Å². The van der Waals surface area contributed by atoms with Gasteiger partial charge < -0.3 is 12.3 Å². The summed E-state index contributed by atoms with van der Waals surface area (Å²) in [6.07, 6.45) is 2.70. The van der Waals surface area contributed by atoms with E-state index in [4.69, 9.17) is 0 Å². The minimum atomic E-state index is 0. The molecule has 0 saturated carbocycles. The maximum Gasteiger partial charge on any atom is 1.00 e. The Morgan fingerprint density at radius 2 is 1.50 bits per heavy atom. The van der Waals surface area contributed by atoms with Gasteiger partial charge in [0.2, 0.25) is 0 Å². The summed E-state index contributed by atoms with van der Waals surface area (Å²) < 4.78 is 0. The fraction of sp³-hybridized carbons (Fsp3) is 0.667. The molecule has 0 aromatic heterocycles. The van der Waals surface area contributed by atoms with Gasteiger partial charge in [-0.05, 0) is 25.9 Å². The number of likely N-dealkylation sites (tertiary alicyclic amines) is 1. The molecule has 2 heteroatoms. The number of nitrogens with zero attached hydrogens (tertiary/aromatic N) is 1. The Bertz CT molecular complexity index is 41.8. The van der Waals surface area contributed by atoms with Crippen LogP contribution in [0, 0.1) is 14.5 Å². The molecule has 1 heterocycles. The van der Waals surface area contributed by atoms with Gasteiger partial charge in [0.15, 0.2) is 0 Å². The van der Waals surface area contributed by atoms with Crippen molar-refractivity contribution in [3.63, 3.8) is 0 Å². The topological polar surface area (TPSA) is 3.24 Å². The zero-order valence-electron chi connectivity index (χ0n) is 5.98. The molecule has 0 atom stereocenters. The predicted octanol–water partition coefficient (Wildman–Crippen LogP) is -1.67.